The fraction of sp³-hybridized carbons (Fsp3) is 0.571. The van der Waals surface area contributed by atoms with Crippen molar-refractivity contribution in [2.24, 2.45) is 5.92 Å². The molecule has 4 nitrogen and oxygen atoms in total. The third kappa shape index (κ3) is 6.11. The van der Waals surface area contributed by atoms with E-state index in [1.165, 1.54) is 29.5 Å². The Morgan fingerprint density at radius 3 is 2.53 bits per heavy atom. The maximum Gasteiger partial charge on any atom is 0.254 e. The van der Waals surface area contributed by atoms with Gasteiger partial charge in [0.05, 0.1) is 6.07 Å². The number of nitrogens with zero attached hydrogens (tertiary/aromatic N) is 2. The van der Waals surface area contributed by atoms with Crippen LogP contribution < -0.4 is 5.32 Å². The molecule has 0 unspecified atom stereocenters. The molecule has 1 aliphatic heterocycles. The van der Waals surface area contributed by atoms with Gasteiger partial charge in [-0.15, -0.1) is 0 Å². The first-order valence-electron chi connectivity index (χ1n) is 12.5. The smallest absolute Gasteiger partial charge is 0.254 e. The van der Waals surface area contributed by atoms with Gasteiger partial charge in [-0.05, 0) is 86.7 Å². The first kappa shape index (κ1) is 24.3. The second kappa shape index (κ2) is 12.0. The molecule has 1 aromatic rings. The zero-order chi connectivity index (χ0) is 22.9. The van der Waals surface area contributed by atoms with E-state index in [0.29, 0.717) is 5.92 Å². The summed E-state index contributed by atoms with van der Waals surface area (Å²) in [5.41, 5.74) is 6.95. The topological polar surface area (TPSA) is 56.1 Å². The van der Waals surface area contributed by atoms with E-state index >= 15 is 0 Å². The Bertz CT molecular complexity index is 898. The number of aryl methyl sites for hydroxylation is 2. The van der Waals surface area contributed by atoms with Gasteiger partial charge in [0.2, 0.25) is 0 Å². The standard InChI is InChI=1S/C28H39N3O/c1-4-6-14-30-20-26-18-27(21(3)17-25(26)7-5-2)28(32)31-15-12-24(13-16-31)23-10-8-22(19-29)9-11-23/h8,10,17-18,24,30H,4-7,9,11-16,20H2,1-3H3. The highest BCUT2D eigenvalue weighted by Crippen LogP contribution is 2.32. The van der Waals surface area contributed by atoms with Gasteiger partial charge < -0.3 is 10.2 Å². The lowest BCUT2D eigenvalue weighted by Gasteiger charge is -2.34. The van der Waals surface area contributed by atoms with Gasteiger partial charge in [0, 0.05) is 30.8 Å². The number of rotatable bonds is 9. The fourth-order valence-corrected chi connectivity index (χ4v) is 4.94. The first-order valence-corrected chi connectivity index (χ1v) is 12.5. The van der Waals surface area contributed by atoms with E-state index in [2.05, 4.69) is 50.4 Å². The normalized spacial score (nSPS) is 17.0. The summed E-state index contributed by atoms with van der Waals surface area (Å²) in [4.78, 5) is 15.5. The third-order valence-electron chi connectivity index (χ3n) is 6.95. The van der Waals surface area contributed by atoms with Gasteiger partial charge in [-0.2, -0.15) is 5.26 Å². The molecule has 4 heteroatoms. The van der Waals surface area contributed by atoms with Crippen molar-refractivity contribution in [2.75, 3.05) is 19.6 Å². The molecule has 0 bridgehead atoms. The van der Waals surface area contributed by atoms with Gasteiger partial charge >= 0.3 is 0 Å². The van der Waals surface area contributed by atoms with Gasteiger partial charge in [0.25, 0.3) is 5.91 Å². The Hall–Kier alpha value is -2.38. The zero-order valence-electron chi connectivity index (χ0n) is 20.2. The van der Waals surface area contributed by atoms with Crippen LogP contribution in [0.5, 0.6) is 0 Å². The molecular weight excluding hydrogens is 394 g/mol. The Kier molecular flexibility index (Phi) is 9.11. The summed E-state index contributed by atoms with van der Waals surface area (Å²) >= 11 is 0. The van der Waals surface area contributed by atoms with E-state index in [1.807, 2.05) is 11.0 Å². The summed E-state index contributed by atoms with van der Waals surface area (Å²) in [6, 6.07) is 6.67. The largest absolute Gasteiger partial charge is 0.339 e. The van der Waals surface area contributed by atoms with E-state index in [1.54, 1.807) is 0 Å². The van der Waals surface area contributed by atoms with Gasteiger partial charge in [-0.25, -0.2) is 0 Å². The summed E-state index contributed by atoms with van der Waals surface area (Å²) in [5.74, 6) is 0.727. The second-order valence-corrected chi connectivity index (χ2v) is 9.33. The van der Waals surface area contributed by atoms with Crippen LogP contribution in [-0.4, -0.2) is 30.4 Å². The number of nitriles is 1. The lowest BCUT2D eigenvalue weighted by molar-refractivity contribution is 0.0700. The molecule has 0 atom stereocenters. The predicted molar refractivity (Wildman–Crippen MR) is 131 cm³/mol. The average Bonchev–Trinajstić information content (AvgIpc) is 2.83. The molecule has 0 spiro atoms. The van der Waals surface area contributed by atoms with Crippen molar-refractivity contribution in [1.82, 2.24) is 10.2 Å². The van der Waals surface area contributed by atoms with Crippen LogP contribution in [0.3, 0.4) is 0 Å². The van der Waals surface area contributed by atoms with Crippen LogP contribution in [0, 0.1) is 24.2 Å². The van der Waals surface area contributed by atoms with E-state index in [9.17, 15) is 4.79 Å². The number of benzene rings is 1. The number of hydrogen-bond donors (Lipinski definition) is 1. The van der Waals surface area contributed by atoms with E-state index in [4.69, 9.17) is 5.26 Å². The number of hydrogen-bond acceptors (Lipinski definition) is 3. The Labute approximate surface area is 194 Å². The minimum absolute atomic E-state index is 0.183. The van der Waals surface area contributed by atoms with Crippen molar-refractivity contribution in [3.8, 4) is 6.07 Å². The quantitative estimate of drug-likeness (QED) is 0.496. The summed E-state index contributed by atoms with van der Waals surface area (Å²) in [6.07, 6.45) is 12.6. The highest BCUT2D eigenvalue weighted by Gasteiger charge is 2.27. The van der Waals surface area contributed by atoms with Gasteiger partial charge in [0.1, 0.15) is 0 Å². The van der Waals surface area contributed by atoms with Crippen molar-refractivity contribution < 1.29 is 4.79 Å². The van der Waals surface area contributed by atoms with Crippen LogP contribution in [0.15, 0.2) is 35.4 Å². The second-order valence-electron chi connectivity index (χ2n) is 9.33. The number of carbonyl (C=O) groups excluding carboxylic acids is 1. The number of unbranched alkanes of at least 4 members (excludes halogenated alkanes) is 1. The van der Waals surface area contributed by atoms with Crippen molar-refractivity contribution >= 4 is 5.91 Å². The van der Waals surface area contributed by atoms with Gasteiger partial charge in [0.15, 0.2) is 0 Å². The lowest BCUT2D eigenvalue weighted by atomic mass is 9.83. The highest BCUT2D eigenvalue weighted by atomic mass is 16.2. The predicted octanol–water partition coefficient (Wildman–Crippen LogP) is 5.86. The first-order chi connectivity index (χ1) is 15.6. The molecule has 2 aliphatic rings. The molecule has 1 heterocycles. The monoisotopic (exact) mass is 433 g/mol. The number of piperidine rings is 1. The fourth-order valence-electron chi connectivity index (χ4n) is 4.94. The van der Waals surface area contributed by atoms with Crippen LogP contribution in [0.25, 0.3) is 0 Å². The maximum atomic E-state index is 13.4. The summed E-state index contributed by atoms with van der Waals surface area (Å²) < 4.78 is 0. The molecule has 32 heavy (non-hydrogen) atoms. The molecule has 1 aromatic carbocycles. The van der Waals surface area contributed by atoms with Crippen molar-refractivity contribution in [3.63, 3.8) is 0 Å². The highest BCUT2D eigenvalue weighted by molar-refractivity contribution is 5.96. The van der Waals surface area contributed by atoms with Crippen molar-refractivity contribution in [2.45, 2.75) is 78.7 Å². The summed E-state index contributed by atoms with van der Waals surface area (Å²) in [6.45, 7) is 10.00. The zero-order valence-corrected chi connectivity index (χ0v) is 20.2. The van der Waals surface area contributed by atoms with Crippen LogP contribution in [-0.2, 0) is 13.0 Å². The molecule has 1 saturated heterocycles. The maximum absolute atomic E-state index is 13.4. The molecule has 1 amide bonds. The number of likely N-dealkylation sites (tertiary alicyclic amines) is 1. The van der Waals surface area contributed by atoms with Gasteiger partial charge in [-0.1, -0.05) is 44.4 Å². The molecule has 1 N–H and O–H groups in total. The average molecular weight is 434 g/mol. The number of amides is 1. The molecule has 0 radical (unpaired) electrons. The summed E-state index contributed by atoms with van der Waals surface area (Å²) in [5, 5.41) is 12.6. The molecule has 1 aliphatic carbocycles. The van der Waals surface area contributed by atoms with Crippen LogP contribution in [0.1, 0.15) is 85.8 Å². The third-order valence-corrected chi connectivity index (χ3v) is 6.95. The summed E-state index contributed by atoms with van der Waals surface area (Å²) in [7, 11) is 0. The van der Waals surface area contributed by atoms with Crippen molar-refractivity contribution in [1.29, 1.82) is 5.26 Å². The van der Waals surface area contributed by atoms with Crippen molar-refractivity contribution in [3.05, 3.63) is 57.7 Å². The minimum Gasteiger partial charge on any atom is -0.339 e. The van der Waals surface area contributed by atoms with Crippen LogP contribution >= 0.6 is 0 Å². The SMILES string of the molecule is CCCCNCc1cc(C(=O)N2CCC(C3=CC=C(C#N)CC3)CC2)c(C)cc1CCC. The van der Waals surface area contributed by atoms with E-state index in [-0.39, 0.29) is 5.91 Å². The number of carbonyl (C=O) groups is 1. The Balaban J connectivity index is 1.67. The molecular formula is C28H39N3O. The Morgan fingerprint density at radius 1 is 1.12 bits per heavy atom. The molecule has 3 rings (SSSR count). The molecule has 0 aromatic heterocycles. The van der Waals surface area contributed by atoms with Gasteiger partial charge in [-0.3, -0.25) is 4.79 Å². The molecule has 1 fully saturated rings. The molecule has 172 valence electrons. The minimum atomic E-state index is 0.183. The van der Waals surface area contributed by atoms with Crippen LogP contribution in [0.2, 0.25) is 0 Å². The van der Waals surface area contributed by atoms with Crippen LogP contribution in [0.4, 0.5) is 0 Å². The van der Waals surface area contributed by atoms with E-state index in [0.717, 1.165) is 81.4 Å². The Morgan fingerprint density at radius 2 is 1.91 bits per heavy atom. The van der Waals surface area contributed by atoms with E-state index < -0.39 is 0 Å². The number of allylic oxidation sites excluding steroid dienone is 4. The number of nitrogens with one attached hydrogen (secondary N) is 1. The lowest BCUT2D eigenvalue weighted by Crippen LogP contribution is -2.39. The molecule has 0 saturated carbocycles.